The molecular formula is C7H5ClF3NO2S. The molecule has 0 aromatic heterocycles. The Kier molecular flexibility index (Phi) is 3.58. The standard InChI is InChI=1S/C7H5ClF3NO2S/c8-5-1-4(7(9,10)11)2-6(3-5)12-15(13)14/h1-3,12H,(H,13,14). The highest BCUT2D eigenvalue weighted by Crippen LogP contribution is 2.33. The Morgan fingerprint density at radius 3 is 2.40 bits per heavy atom. The van der Waals surface area contributed by atoms with Gasteiger partial charge in [-0.2, -0.15) is 13.2 Å². The molecule has 2 N–H and O–H groups in total. The lowest BCUT2D eigenvalue weighted by atomic mass is 10.2. The molecule has 1 rings (SSSR count). The minimum absolute atomic E-state index is 0.169. The Balaban J connectivity index is 3.11. The van der Waals surface area contributed by atoms with Crippen LogP contribution in [-0.4, -0.2) is 8.76 Å². The van der Waals surface area contributed by atoms with Gasteiger partial charge in [0.05, 0.1) is 11.3 Å². The molecule has 0 saturated carbocycles. The summed E-state index contributed by atoms with van der Waals surface area (Å²) in [5.41, 5.74) is -1.15. The number of nitrogens with one attached hydrogen (secondary N) is 1. The quantitative estimate of drug-likeness (QED) is 0.803. The van der Waals surface area contributed by atoms with Gasteiger partial charge in [-0.15, -0.1) is 0 Å². The highest BCUT2D eigenvalue weighted by Gasteiger charge is 2.31. The van der Waals surface area contributed by atoms with Gasteiger partial charge >= 0.3 is 6.18 Å². The van der Waals surface area contributed by atoms with Gasteiger partial charge in [-0.3, -0.25) is 9.27 Å². The Bertz CT molecular complexity index is 396. The lowest BCUT2D eigenvalue weighted by Gasteiger charge is -2.09. The smallest absolute Gasteiger partial charge is 0.289 e. The molecule has 1 unspecified atom stereocenters. The summed E-state index contributed by atoms with van der Waals surface area (Å²) in [6.07, 6.45) is -4.54. The summed E-state index contributed by atoms with van der Waals surface area (Å²) in [7, 11) is 0. The van der Waals surface area contributed by atoms with E-state index in [1.54, 1.807) is 0 Å². The summed E-state index contributed by atoms with van der Waals surface area (Å²) in [6, 6.07) is 2.54. The van der Waals surface area contributed by atoms with E-state index in [-0.39, 0.29) is 10.7 Å². The summed E-state index contributed by atoms with van der Waals surface area (Å²) in [4.78, 5) is 0. The number of rotatable bonds is 2. The van der Waals surface area contributed by atoms with Crippen molar-refractivity contribution in [2.24, 2.45) is 0 Å². The van der Waals surface area contributed by atoms with Crippen molar-refractivity contribution >= 4 is 28.6 Å². The third-order valence-corrected chi connectivity index (χ3v) is 2.06. The number of hydrogen-bond donors (Lipinski definition) is 2. The molecule has 1 aromatic carbocycles. The second kappa shape index (κ2) is 4.38. The summed E-state index contributed by atoms with van der Waals surface area (Å²) in [5.74, 6) is 0. The molecule has 0 saturated heterocycles. The van der Waals surface area contributed by atoms with Gasteiger partial charge in [0.1, 0.15) is 0 Å². The minimum Gasteiger partial charge on any atom is -0.289 e. The molecule has 0 aliphatic heterocycles. The zero-order chi connectivity index (χ0) is 11.6. The number of anilines is 1. The normalized spacial score (nSPS) is 13.7. The molecule has 1 aromatic rings. The first-order valence-electron chi connectivity index (χ1n) is 3.54. The summed E-state index contributed by atoms with van der Waals surface area (Å²) in [6.45, 7) is 0. The van der Waals surface area contributed by atoms with E-state index in [0.29, 0.717) is 6.07 Å². The van der Waals surface area contributed by atoms with Crippen LogP contribution in [0, 0.1) is 0 Å². The van der Waals surface area contributed by atoms with Crippen LogP contribution >= 0.6 is 11.6 Å². The molecule has 0 aliphatic rings. The van der Waals surface area contributed by atoms with Crippen LogP contribution < -0.4 is 4.72 Å². The van der Waals surface area contributed by atoms with Crippen molar-refractivity contribution < 1.29 is 21.9 Å². The molecule has 8 heteroatoms. The fourth-order valence-corrected chi connectivity index (χ4v) is 1.47. The fourth-order valence-electron chi connectivity index (χ4n) is 0.913. The maximum absolute atomic E-state index is 12.3. The molecule has 0 aliphatic carbocycles. The first-order valence-corrected chi connectivity index (χ1v) is 5.03. The maximum atomic E-state index is 12.3. The highest BCUT2D eigenvalue weighted by molar-refractivity contribution is 7.80. The van der Waals surface area contributed by atoms with E-state index >= 15 is 0 Å². The predicted molar refractivity (Wildman–Crippen MR) is 50.8 cm³/mol. The molecule has 1 atom stereocenters. The monoisotopic (exact) mass is 259 g/mol. The molecule has 0 amide bonds. The third kappa shape index (κ3) is 3.69. The third-order valence-electron chi connectivity index (χ3n) is 1.43. The number of benzene rings is 1. The predicted octanol–water partition coefficient (Wildman–Crippen LogP) is 2.91. The van der Waals surface area contributed by atoms with Gasteiger partial charge in [0.15, 0.2) is 0 Å². The average molecular weight is 260 g/mol. The number of hydrogen-bond acceptors (Lipinski definition) is 1. The Hall–Kier alpha value is -0.790. The number of halogens is 4. The Morgan fingerprint density at radius 2 is 1.93 bits per heavy atom. The van der Waals surface area contributed by atoms with Crippen molar-refractivity contribution in [1.29, 1.82) is 0 Å². The summed E-state index contributed by atoms with van der Waals surface area (Å²) in [5, 5.41) is -0.169. The van der Waals surface area contributed by atoms with Gasteiger partial charge in [0.25, 0.3) is 11.3 Å². The lowest BCUT2D eigenvalue weighted by molar-refractivity contribution is -0.137. The van der Waals surface area contributed by atoms with E-state index in [0.717, 1.165) is 12.1 Å². The lowest BCUT2D eigenvalue weighted by Crippen LogP contribution is -2.07. The van der Waals surface area contributed by atoms with Crippen molar-refractivity contribution in [3.63, 3.8) is 0 Å². The van der Waals surface area contributed by atoms with Crippen molar-refractivity contribution in [3.8, 4) is 0 Å². The maximum Gasteiger partial charge on any atom is 0.416 e. The summed E-state index contributed by atoms with van der Waals surface area (Å²) >= 11 is 2.98. The molecule has 0 fully saturated rings. The van der Waals surface area contributed by atoms with Crippen molar-refractivity contribution in [1.82, 2.24) is 0 Å². The Morgan fingerprint density at radius 1 is 1.33 bits per heavy atom. The minimum atomic E-state index is -4.54. The molecule has 84 valence electrons. The van der Waals surface area contributed by atoms with Crippen LogP contribution in [0.1, 0.15) is 5.56 Å². The van der Waals surface area contributed by atoms with Crippen LogP contribution in [0.2, 0.25) is 5.02 Å². The summed E-state index contributed by atoms with van der Waals surface area (Å²) < 4.78 is 57.4. The van der Waals surface area contributed by atoms with Crippen molar-refractivity contribution in [2.45, 2.75) is 6.18 Å². The van der Waals surface area contributed by atoms with Crippen LogP contribution in [-0.2, 0) is 17.4 Å². The second-order valence-electron chi connectivity index (χ2n) is 2.58. The molecule has 0 spiro atoms. The van der Waals surface area contributed by atoms with Crippen LogP contribution in [0.5, 0.6) is 0 Å². The molecule has 3 nitrogen and oxygen atoms in total. The molecule has 0 bridgehead atoms. The van der Waals surface area contributed by atoms with E-state index in [1.165, 1.54) is 0 Å². The molecular weight excluding hydrogens is 255 g/mol. The first kappa shape index (κ1) is 12.3. The van der Waals surface area contributed by atoms with Crippen molar-refractivity contribution in [2.75, 3.05) is 4.72 Å². The molecule has 0 radical (unpaired) electrons. The van der Waals surface area contributed by atoms with Gasteiger partial charge in [0.2, 0.25) is 0 Å². The van der Waals surface area contributed by atoms with Crippen LogP contribution in [0.3, 0.4) is 0 Å². The largest absolute Gasteiger partial charge is 0.416 e. The van der Waals surface area contributed by atoms with Crippen LogP contribution in [0.15, 0.2) is 18.2 Å². The van der Waals surface area contributed by atoms with Gasteiger partial charge in [0, 0.05) is 5.02 Å². The Labute approximate surface area is 90.7 Å². The van der Waals surface area contributed by atoms with Gasteiger partial charge in [-0.25, -0.2) is 4.21 Å². The van der Waals surface area contributed by atoms with Gasteiger partial charge < -0.3 is 0 Å². The van der Waals surface area contributed by atoms with E-state index in [9.17, 15) is 17.4 Å². The van der Waals surface area contributed by atoms with Crippen LogP contribution in [0.4, 0.5) is 18.9 Å². The first-order chi connectivity index (χ1) is 6.79. The van der Waals surface area contributed by atoms with Crippen molar-refractivity contribution in [3.05, 3.63) is 28.8 Å². The van der Waals surface area contributed by atoms with E-state index in [2.05, 4.69) is 0 Å². The molecule has 0 heterocycles. The van der Waals surface area contributed by atoms with E-state index in [1.807, 2.05) is 4.72 Å². The SMILES string of the molecule is O=S(O)Nc1cc(Cl)cc(C(F)(F)F)c1. The highest BCUT2D eigenvalue weighted by atomic mass is 35.5. The van der Waals surface area contributed by atoms with Gasteiger partial charge in [-0.05, 0) is 18.2 Å². The zero-order valence-corrected chi connectivity index (χ0v) is 8.58. The fraction of sp³-hybridized carbons (Fsp3) is 0.143. The van der Waals surface area contributed by atoms with Crippen LogP contribution in [0.25, 0.3) is 0 Å². The topological polar surface area (TPSA) is 49.3 Å². The molecule has 15 heavy (non-hydrogen) atoms. The second-order valence-corrected chi connectivity index (χ2v) is 3.72. The number of alkyl halides is 3. The van der Waals surface area contributed by atoms with Gasteiger partial charge in [-0.1, -0.05) is 11.6 Å². The van der Waals surface area contributed by atoms with E-state index in [4.69, 9.17) is 16.2 Å². The zero-order valence-electron chi connectivity index (χ0n) is 7.01. The average Bonchev–Trinajstić information content (AvgIpc) is 1.99. The van der Waals surface area contributed by atoms with E-state index < -0.39 is 23.0 Å².